The molecule has 1 heterocycles. The standard InChI is InChI=1S/C25H35FN4S/c1-5-12-31-30-11-10-29(16-18(2)3)25(17-30)23-14-20(15-27)24(13-19(23)4)28-22-8-6-21(26)7-9-22/h6-9,13-15,18,25,27-28H,5,10-12,16-17H2,1-4H3. The van der Waals surface area contributed by atoms with Crippen molar-refractivity contribution in [2.75, 3.05) is 37.2 Å². The topological polar surface area (TPSA) is 42.4 Å². The van der Waals surface area contributed by atoms with Crippen LogP contribution in [-0.4, -0.2) is 47.4 Å². The summed E-state index contributed by atoms with van der Waals surface area (Å²) < 4.78 is 15.8. The maximum Gasteiger partial charge on any atom is 0.123 e. The number of hydrogen-bond acceptors (Lipinski definition) is 5. The van der Waals surface area contributed by atoms with Crippen LogP contribution in [0.2, 0.25) is 0 Å². The summed E-state index contributed by atoms with van der Waals surface area (Å²) in [5, 5.41) is 11.4. The summed E-state index contributed by atoms with van der Waals surface area (Å²) in [5.41, 5.74) is 5.07. The van der Waals surface area contributed by atoms with Gasteiger partial charge in [0.2, 0.25) is 0 Å². The minimum absolute atomic E-state index is 0.252. The molecule has 0 aliphatic carbocycles. The van der Waals surface area contributed by atoms with Crippen LogP contribution in [0.4, 0.5) is 15.8 Å². The summed E-state index contributed by atoms with van der Waals surface area (Å²) in [5.74, 6) is 1.51. The van der Waals surface area contributed by atoms with E-state index in [1.807, 2.05) is 11.9 Å². The molecule has 1 aliphatic heterocycles. The lowest BCUT2D eigenvalue weighted by molar-refractivity contribution is 0.110. The Morgan fingerprint density at radius 1 is 1.23 bits per heavy atom. The molecule has 2 aromatic rings. The van der Waals surface area contributed by atoms with Gasteiger partial charge in [-0.15, -0.1) is 0 Å². The van der Waals surface area contributed by atoms with Crippen molar-refractivity contribution in [2.24, 2.45) is 5.92 Å². The summed E-state index contributed by atoms with van der Waals surface area (Å²) >= 11 is 1.96. The summed E-state index contributed by atoms with van der Waals surface area (Å²) in [6.07, 6.45) is 2.59. The van der Waals surface area contributed by atoms with Crippen molar-refractivity contribution in [1.82, 2.24) is 9.21 Å². The lowest BCUT2D eigenvalue weighted by atomic mass is 9.94. The highest BCUT2D eigenvalue weighted by molar-refractivity contribution is 7.97. The highest BCUT2D eigenvalue weighted by atomic mass is 32.2. The number of benzene rings is 2. The molecule has 0 bridgehead atoms. The first kappa shape index (κ1) is 23.8. The van der Waals surface area contributed by atoms with Crippen LogP contribution in [-0.2, 0) is 0 Å². The van der Waals surface area contributed by atoms with Crippen molar-refractivity contribution in [3.8, 4) is 0 Å². The number of anilines is 2. The van der Waals surface area contributed by atoms with E-state index in [2.05, 4.69) is 54.3 Å². The number of piperazine rings is 1. The molecule has 6 heteroatoms. The van der Waals surface area contributed by atoms with Gasteiger partial charge in [-0.2, -0.15) is 0 Å². The van der Waals surface area contributed by atoms with Gasteiger partial charge in [-0.1, -0.05) is 32.7 Å². The smallest absolute Gasteiger partial charge is 0.123 e. The Morgan fingerprint density at radius 3 is 2.61 bits per heavy atom. The third kappa shape index (κ3) is 6.31. The van der Waals surface area contributed by atoms with Gasteiger partial charge in [0.1, 0.15) is 5.82 Å². The molecule has 31 heavy (non-hydrogen) atoms. The van der Waals surface area contributed by atoms with E-state index < -0.39 is 0 Å². The Hall–Kier alpha value is -1.89. The molecule has 2 N–H and O–H groups in total. The van der Waals surface area contributed by atoms with Crippen LogP contribution in [0.5, 0.6) is 0 Å². The van der Waals surface area contributed by atoms with Crippen molar-refractivity contribution < 1.29 is 4.39 Å². The second-order valence-corrected chi connectivity index (χ2v) is 9.88. The molecule has 0 spiro atoms. The Kier molecular flexibility index (Phi) is 8.52. The predicted octanol–water partition coefficient (Wildman–Crippen LogP) is 6.25. The van der Waals surface area contributed by atoms with Crippen LogP contribution in [0, 0.1) is 24.1 Å². The van der Waals surface area contributed by atoms with E-state index in [1.54, 1.807) is 12.1 Å². The summed E-state index contributed by atoms with van der Waals surface area (Å²) in [7, 11) is 0. The van der Waals surface area contributed by atoms with Gasteiger partial charge in [0.25, 0.3) is 0 Å². The zero-order valence-corrected chi connectivity index (χ0v) is 19.9. The summed E-state index contributed by atoms with van der Waals surface area (Å²) in [4.78, 5) is 2.61. The predicted molar refractivity (Wildman–Crippen MR) is 132 cm³/mol. The fourth-order valence-electron chi connectivity index (χ4n) is 4.13. The van der Waals surface area contributed by atoms with Gasteiger partial charge in [-0.3, -0.25) is 4.90 Å². The lowest BCUT2D eigenvalue weighted by Gasteiger charge is -2.42. The van der Waals surface area contributed by atoms with Gasteiger partial charge in [-0.05, 0) is 66.8 Å². The van der Waals surface area contributed by atoms with Crippen molar-refractivity contribution in [3.05, 3.63) is 58.9 Å². The molecule has 1 unspecified atom stereocenters. The lowest BCUT2D eigenvalue weighted by Crippen LogP contribution is -2.47. The normalized spacial score (nSPS) is 17.8. The van der Waals surface area contributed by atoms with Gasteiger partial charge >= 0.3 is 0 Å². The average molecular weight is 443 g/mol. The molecule has 1 atom stereocenters. The number of nitrogens with zero attached hydrogens (tertiary/aromatic N) is 2. The second-order valence-electron chi connectivity index (χ2n) is 8.70. The van der Waals surface area contributed by atoms with Crippen molar-refractivity contribution in [3.63, 3.8) is 0 Å². The van der Waals surface area contributed by atoms with E-state index in [4.69, 9.17) is 5.41 Å². The van der Waals surface area contributed by atoms with Crippen LogP contribution in [0.15, 0.2) is 36.4 Å². The number of hydrogen-bond donors (Lipinski definition) is 2. The third-order valence-corrected chi connectivity index (χ3v) is 6.90. The van der Waals surface area contributed by atoms with E-state index in [1.165, 1.54) is 35.9 Å². The Bertz CT molecular complexity index is 869. The quantitative estimate of drug-likeness (QED) is 0.356. The highest BCUT2D eigenvalue weighted by Crippen LogP contribution is 2.34. The Labute approximate surface area is 190 Å². The van der Waals surface area contributed by atoms with E-state index in [0.717, 1.165) is 48.9 Å². The molecule has 0 amide bonds. The molecule has 1 aliphatic rings. The van der Waals surface area contributed by atoms with Gasteiger partial charge in [0.05, 0.1) is 0 Å². The Balaban J connectivity index is 1.90. The van der Waals surface area contributed by atoms with Gasteiger partial charge in [0.15, 0.2) is 0 Å². The fourth-order valence-corrected chi connectivity index (χ4v) is 5.03. The molecule has 1 fully saturated rings. The second kappa shape index (κ2) is 11.1. The molecule has 0 saturated carbocycles. The molecule has 168 valence electrons. The van der Waals surface area contributed by atoms with Gasteiger partial charge in [-0.25, -0.2) is 8.70 Å². The molecule has 0 aromatic heterocycles. The Morgan fingerprint density at radius 2 is 1.97 bits per heavy atom. The van der Waals surface area contributed by atoms with Gasteiger partial charge < -0.3 is 10.7 Å². The zero-order chi connectivity index (χ0) is 22.4. The molecule has 0 radical (unpaired) electrons. The molecule has 1 saturated heterocycles. The summed E-state index contributed by atoms with van der Waals surface area (Å²) in [6.45, 7) is 13.2. The first-order chi connectivity index (χ1) is 14.9. The number of rotatable bonds is 9. The monoisotopic (exact) mass is 442 g/mol. The van der Waals surface area contributed by atoms with Crippen molar-refractivity contribution >= 4 is 29.5 Å². The highest BCUT2D eigenvalue weighted by Gasteiger charge is 2.30. The molecular formula is C25H35FN4S. The van der Waals surface area contributed by atoms with Crippen molar-refractivity contribution in [1.29, 1.82) is 5.41 Å². The maximum absolute atomic E-state index is 13.3. The van der Waals surface area contributed by atoms with Crippen LogP contribution in [0.3, 0.4) is 0 Å². The zero-order valence-electron chi connectivity index (χ0n) is 19.1. The molecular weight excluding hydrogens is 407 g/mol. The number of halogens is 1. The molecule has 3 rings (SSSR count). The van der Waals surface area contributed by atoms with Crippen molar-refractivity contribution in [2.45, 2.75) is 40.2 Å². The first-order valence-corrected chi connectivity index (χ1v) is 12.1. The van der Waals surface area contributed by atoms with Crippen LogP contribution in [0.25, 0.3) is 0 Å². The number of aryl methyl sites for hydroxylation is 1. The molecule has 2 aromatic carbocycles. The third-order valence-electron chi connectivity index (χ3n) is 5.61. The maximum atomic E-state index is 13.3. The van der Waals surface area contributed by atoms with Crippen LogP contribution >= 0.6 is 11.9 Å². The van der Waals surface area contributed by atoms with Gasteiger partial charge in [0, 0.05) is 61.1 Å². The van der Waals surface area contributed by atoms with E-state index in [-0.39, 0.29) is 5.82 Å². The van der Waals surface area contributed by atoms with Crippen LogP contribution < -0.4 is 5.32 Å². The molecule has 4 nitrogen and oxygen atoms in total. The first-order valence-electron chi connectivity index (χ1n) is 11.2. The minimum atomic E-state index is -0.252. The number of nitrogens with one attached hydrogen (secondary N) is 2. The largest absolute Gasteiger partial charge is 0.355 e. The average Bonchev–Trinajstić information content (AvgIpc) is 2.74. The minimum Gasteiger partial charge on any atom is -0.355 e. The van der Waals surface area contributed by atoms with Crippen LogP contribution in [0.1, 0.15) is 49.9 Å². The van der Waals surface area contributed by atoms with E-state index in [9.17, 15) is 4.39 Å². The van der Waals surface area contributed by atoms with E-state index in [0.29, 0.717) is 12.0 Å². The summed E-state index contributed by atoms with van der Waals surface area (Å²) in [6, 6.07) is 11.0. The fraction of sp³-hybridized carbons (Fsp3) is 0.480. The van der Waals surface area contributed by atoms with E-state index >= 15 is 0 Å². The SMILES string of the molecule is CCCSN1CCN(CC(C)C)C(c2cc(C=N)c(Nc3ccc(F)cc3)cc2C)C1.